The summed E-state index contributed by atoms with van der Waals surface area (Å²) in [5.41, 5.74) is 3.58. The van der Waals surface area contributed by atoms with Crippen molar-refractivity contribution < 1.29 is 4.79 Å². The van der Waals surface area contributed by atoms with Crippen molar-refractivity contribution in [1.29, 1.82) is 0 Å². The van der Waals surface area contributed by atoms with E-state index >= 15 is 0 Å². The van der Waals surface area contributed by atoms with Crippen LogP contribution in [0.2, 0.25) is 0 Å². The number of amides is 1. The lowest BCUT2D eigenvalue weighted by Gasteiger charge is -2.16. The highest BCUT2D eigenvalue weighted by Gasteiger charge is 2.21. The van der Waals surface area contributed by atoms with Gasteiger partial charge in [-0.3, -0.25) is 9.89 Å². The van der Waals surface area contributed by atoms with Crippen molar-refractivity contribution in [3.63, 3.8) is 0 Å². The minimum Gasteiger partial charge on any atom is -0.361 e. The molecule has 0 radical (unpaired) electrons. The molecule has 0 saturated heterocycles. The zero-order chi connectivity index (χ0) is 18.9. The van der Waals surface area contributed by atoms with Crippen LogP contribution in [-0.4, -0.2) is 27.6 Å². The van der Waals surface area contributed by atoms with Gasteiger partial charge in [-0.05, 0) is 29.1 Å². The molecule has 5 rings (SSSR count). The molecule has 3 heterocycles. The average molecular weight is 386 g/mol. The van der Waals surface area contributed by atoms with E-state index in [-0.39, 0.29) is 11.8 Å². The fourth-order valence-corrected chi connectivity index (χ4v) is 4.50. The van der Waals surface area contributed by atoms with Crippen molar-refractivity contribution in [3.05, 3.63) is 88.4 Å². The maximum Gasteiger partial charge on any atom is 0.272 e. The van der Waals surface area contributed by atoms with Crippen molar-refractivity contribution in [3.8, 4) is 0 Å². The SMILES string of the molecule is O=C(NC[C@H](c1cccs1)c1c[nH]c2ccccc12)c1n[nH]c2ccccc12. The number of carbonyl (C=O) groups is 1. The van der Waals surface area contributed by atoms with Crippen LogP contribution in [0.1, 0.15) is 26.8 Å². The monoisotopic (exact) mass is 386 g/mol. The van der Waals surface area contributed by atoms with Crippen LogP contribution in [0.25, 0.3) is 21.8 Å². The van der Waals surface area contributed by atoms with Gasteiger partial charge in [0, 0.05) is 39.8 Å². The Balaban J connectivity index is 1.45. The molecule has 28 heavy (non-hydrogen) atoms. The fraction of sp³-hybridized carbons (Fsp3) is 0.0909. The first-order valence-electron chi connectivity index (χ1n) is 9.12. The number of thiophene rings is 1. The summed E-state index contributed by atoms with van der Waals surface area (Å²) >= 11 is 1.70. The first kappa shape index (κ1) is 16.8. The average Bonchev–Trinajstić information content (AvgIpc) is 3.48. The van der Waals surface area contributed by atoms with Gasteiger partial charge < -0.3 is 10.3 Å². The van der Waals surface area contributed by atoms with E-state index in [1.54, 1.807) is 11.3 Å². The van der Waals surface area contributed by atoms with E-state index in [4.69, 9.17) is 0 Å². The van der Waals surface area contributed by atoms with Crippen molar-refractivity contribution in [2.24, 2.45) is 0 Å². The summed E-state index contributed by atoms with van der Waals surface area (Å²) in [5, 5.41) is 14.3. The third-order valence-corrected chi connectivity index (χ3v) is 6.02. The molecule has 0 unspecified atom stereocenters. The molecule has 0 spiro atoms. The van der Waals surface area contributed by atoms with E-state index in [1.807, 2.05) is 48.7 Å². The predicted molar refractivity (Wildman–Crippen MR) is 113 cm³/mol. The lowest BCUT2D eigenvalue weighted by molar-refractivity contribution is 0.0949. The van der Waals surface area contributed by atoms with Gasteiger partial charge in [0.05, 0.1) is 5.52 Å². The topological polar surface area (TPSA) is 73.6 Å². The molecule has 0 fully saturated rings. The van der Waals surface area contributed by atoms with E-state index in [0.717, 1.165) is 16.4 Å². The zero-order valence-electron chi connectivity index (χ0n) is 15.0. The predicted octanol–water partition coefficient (Wildman–Crippen LogP) is 4.67. The highest BCUT2D eigenvalue weighted by molar-refractivity contribution is 7.10. The normalized spacial score (nSPS) is 12.4. The van der Waals surface area contributed by atoms with Gasteiger partial charge in [0.2, 0.25) is 0 Å². The molecule has 0 aliphatic rings. The van der Waals surface area contributed by atoms with E-state index in [9.17, 15) is 4.79 Å². The van der Waals surface area contributed by atoms with Crippen LogP contribution in [0.4, 0.5) is 0 Å². The molecule has 0 saturated carbocycles. The molecular formula is C22H18N4OS. The minimum atomic E-state index is -0.168. The fourth-order valence-electron chi connectivity index (χ4n) is 3.65. The zero-order valence-corrected chi connectivity index (χ0v) is 15.8. The first-order chi connectivity index (χ1) is 13.8. The number of H-pyrrole nitrogens is 2. The maximum atomic E-state index is 12.8. The van der Waals surface area contributed by atoms with Crippen molar-refractivity contribution in [2.75, 3.05) is 6.54 Å². The molecule has 1 atom stereocenters. The van der Waals surface area contributed by atoms with E-state index in [1.165, 1.54) is 15.8 Å². The van der Waals surface area contributed by atoms with Crippen LogP contribution >= 0.6 is 11.3 Å². The molecule has 5 nitrogen and oxygen atoms in total. The Kier molecular flexibility index (Phi) is 4.18. The van der Waals surface area contributed by atoms with Crippen LogP contribution in [0.15, 0.2) is 72.2 Å². The van der Waals surface area contributed by atoms with Crippen LogP contribution in [-0.2, 0) is 0 Å². The van der Waals surface area contributed by atoms with Gasteiger partial charge in [-0.25, -0.2) is 0 Å². The third kappa shape index (κ3) is 2.88. The smallest absolute Gasteiger partial charge is 0.272 e. The number of nitrogens with one attached hydrogen (secondary N) is 3. The van der Waals surface area contributed by atoms with E-state index in [0.29, 0.717) is 12.2 Å². The second-order valence-corrected chi connectivity index (χ2v) is 7.66. The Morgan fingerprint density at radius 2 is 1.79 bits per heavy atom. The van der Waals surface area contributed by atoms with Gasteiger partial charge in [0.1, 0.15) is 0 Å². The van der Waals surface area contributed by atoms with Crippen molar-refractivity contribution in [2.45, 2.75) is 5.92 Å². The quantitative estimate of drug-likeness (QED) is 0.411. The third-order valence-electron chi connectivity index (χ3n) is 5.04. The summed E-state index contributed by atoms with van der Waals surface area (Å²) in [6.45, 7) is 0.502. The number of nitrogens with zero attached hydrogens (tertiary/aromatic N) is 1. The Labute approximate surface area is 165 Å². The molecule has 0 bridgehead atoms. The summed E-state index contributed by atoms with van der Waals surface area (Å²) in [5.74, 6) is -0.0934. The van der Waals surface area contributed by atoms with Crippen LogP contribution in [0.3, 0.4) is 0 Å². The number of aromatic nitrogens is 3. The molecule has 0 aliphatic carbocycles. The van der Waals surface area contributed by atoms with Crippen molar-refractivity contribution in [1.82, 2.24) is 20.5 Å². The van der Waals surface area contributed by atoms with Gasteiger partial charge in [0.15, 0.2) is 5.69 Å². The number of para-hydroxylation sites is 2. The molecule has 1 amide bonds. The van der Waals surface area contributed by atoms with Crippen LogP contribution in [0, 0.1) is 0 Å². The molecule has 3 aromatic heterocycles. The molecular weight excluding hydrogens is 368 g/mol. The molecule has 0 aliphatic heterocycles. The molecule has 5 aromatic rings. The summed E-state index contributed by atoms with van der Waals surface area (Å²) in [6, 6.07) is 20.1. The van der Waals surface area contributed by atoms with Gasteiger partial charge in [-0.15, -0.1) is 11.3 Å². The minimum absolute atomic E-state index is 0.0744. The first-order valence-corrected chi connectivity index (χ1v) is 10.00. The molecule has 138 valence electrons. The molecule has 2 aromatic carbocycles. The number of benzene rings is 2. The summed E-state index contributed by atoms with van der Waals surface area (Å²) < 4.78 is 0. The lowest BCUT2D eigenvalue weighted by atomic mass is 9.96. The number of fused-ring (bicyclic) bond motifs is 2. The van der Waals surface area contributed by atoms with Gasteiger partial charge in [-0.2, -0.15) is 5.10 Å². The summed E-state index contributed by atoms with van der Waals surface area (Å²) in [7, 11) is 0. The van der Waals surface area contributed by atoms with Gasteiger partial charge >= 0.3 is 0 Å². The summed E-state index contributed by atoms with van der Waals surface area (Å²) in [6.07, 6.45) is 2.05. The lowest BCUT2D eigenvalue weighted by Crippen LogP contribution is -2.29. The van der Waals surface area contributed by atoms with Gasteiger partial charge in [0.25, 0.3) is 5.91 Å². The number of rotatable bonds is 5. The van der Waals surface area contributed by atoms with Crippen LogP contribution < -0.4 is 5.32 Å². The van der Waals surface area contributed by atoms with Crippen molar-refractivity contribution >= 4 is 39.0 Å². The largest absolute Gasteiger partial charge is 0.361 e. The van der Waals surface area contributed by atoms with Gasteiger partial charge in [-0.1, -0.05) is 42.5 Å². The highest BCUT2D eigenvalue weighted by Crippen LogP contribution is 2.33. The number of aromatic amines is 2. The number of carbonyl (C=O) groups excluding carboxylic acids is 1. The second-order valence-electron chi connectivity index (χ2n) is 6.69. The highest BCUT2D eigenvalue weighted by atomic mass is 32.1. The second kappa shape index (κ2) is 6.98. The van der Waals surface area contributed by atoms with E-state index in [2.05, 4.69) is 44.1 Å². The Hall–Kier alpha value is -3.38. The molecule has 6 heteroatoms. The molecule has 3 N–H and O–H groups in total. The Bertz CT molecular complexity index is 1250. The maximum absolute atomic E-state index is 12.8. The summed E-state index contributed by atoms with van der Waals surface area (Å²) in [4.78, 5) is 17.4. The number of hydrogen-bond acceptors (Lipinski definition) is 3. The standard InChI is InChI=1S/C22H18N4OS/c27-22(21-15-7-2-4-9-19(15)25-26-21)24-13-17(20-10-5-11-28-20)16-12-23-18-8-3-1-6-14(16)18/h1-12,17,23H,13H2,(H,24,27)(H,25,26)/t17-/m0/s1. The number of hydrogen-bond donors (Lipinski definition) is 3. The Morgan fingerprint density at radius 3 is 2.61 bits per heavy atom. The van der Waals surface area contributed by atoms with Crippen LogP contribution in [0.5, 0.6) is 0 Å². The Morgan fingerprint density at radius 1 is 1.00 bits per heavy atom. The van der Waals surface area contributed by atoms with E-state index < -0.39 is 0 Å².